The molecule has 0 radical (unpaired) electrons. The van der Waals surface area contributed by atoms with Gasteiger partial charge >= 0.3 is 6.01 Å². The number of methoxy groups -OCH3 is 1. The minimum atomic E-state index is -1.30. The topological polar surface area (TPSA) is 86.0 Å². The van der Waals surface area contributed by atoms with E-state index in [4.69, 9.17) is 10.5 Å². The van der Waals surface area contributed by atoms with Crippen molar-refractivity contribution in [3.63, 3.8) is 0 Å². The van der Waals surface area contributed by atoms with E-state index in [0.29, 0.717) is 12.1 Å². The molecule has 0 amide bonds. The summed E-state index contributed by atoms with van der Waals surface area (Å²) in [6, 6.07) is 0.939. The molecule has 0 unspecified atom stereocenters. The first-order valence-electron chi connectivity index (χ1n) is 4.96. The standard InChI is InChI=1S/C10H8F3N5O/c1-19-10-17-8(14)16-9(18-10)15-7-3-5(12)4(11)2-6(7)13/h2-3H,1H3,(H3,14,15,16,17,18). The first-order chi connectivity index (χ1) is 8.99. The number of nitrogen functional groups attached to an aromatic ring is 1. The lowest BCUT2D eigenvalue weighted by molar-refractivity contribution is 0.380. The van der Waals surface area contributed by atoms with Gasteiger partial charge in [-0.2, -0.15) is 15.0 Å². The summed E-state index contributed by atoms with van der Waals surface area (Å²) in [5, 5.41) is 2.35. The molecule has 0 spiro atoms. The first-order valence-corrected chi connectivity index (χ1v) is 4.96. The molecule has 2 rings (SSSR count). The van der Waals surface area contributed by atoms with E-state index in [1.807, 2.05) is 0 Å². The number of rotatable bonds is 3. The highest BCUT2D eigenvalue weighted by atomic mass is 19.2. The molecule has 0 saturated heterocycles. The molecule has 2 aromatic rings. The molecule has 19 heavy (non-hydrogen) atoms. The molecule has 1 aromatic heterocycles. The minimum Gasteiger partial charge on any atom is -0.467 e. The summed E-state index contributed by atoms with van der Waals surface area (Å²) in [4.78, 5) is 11.0. The Balaban J connectivity index is 2.36. The molecule has 3 N–H and O–H groups in total. The molecule has 1 heterocycles. The largest absolute Gasteiger partial charge is 0.467 e. The highest BCUT2D eigenvalue weighted by Gasteiger charge is 2.12. The van der Waals surface area contributed by atoms with E-state index < -0.39 is 17.5 Å². The van der Waals surface area contributed by atoms with Gasteiger partial charge < -0.3 is 15.8 Å². The van der Waals surface area contributed by atoms with Crippen molar-refractivity contribution in [2.45, 2.75) is 0 Å². The molecule has 0 atom stereocenters. The number of halogens is 3. The second kappa shape index (κ2) is 4.96. The average Bonchev–Trinajstić information content (AvgIpc) is 2.35. The highest BCUT2D eigenvalue weighted by Crippen LogP contribution is 2.21. The Bertz CT molecular complexity index is 622. The van der Waals surface area contributed by atoms with E-state index in [1.54, 1.807) is 0 Å². The summed E-state index contributed by atoms with van der Waals surface area (Å²) in [7, 11) is 1.30. The Morgan fingerprint density at radius 2 is 1.74 bits per heavy atom. The molecule has 0 saturated carbocycles. The molecule has 9 heteroatoms. The zero-order valence-electron chi connectivity index (χ0n) is 9.62. The average molecular weight is 271 g/mol. The van der Waals surface area contributed by atoms with Crippen molar-refractivity contribution in [3.05, 3.63) is 29.6 Å². The predicted molar refractivity (Wildman–Crippen MR) is 60.4 cm³/mol. The Morgan fingerprint density at radius 3 is 2.42 bits per heavy atom. The van der Waals surface area contributed by atoms with Gasteiger partial charge in [-0.3, -0.25) is 0 Å². The van der Waals surface area contributed by atoms with Crippen LogP contribution in [0.2, 0.25) is 0 Å². The van der Waals surface area contributed by atoms with Crippen molar-refractivity contribution < 1.29 is 17.9 Å². The number of hydrogen-bond donors (Lipinski definition) is 2. The molecule has 100 valence electrons. The van der Waals surface area contributed by atoms with Crippen molar-refractivity contribution in [1.29, 1.82) is 0 Å². The number of nitrogens with zero attached hydrogens (tertiary/aromatic N) is 3. The van der Waals surface area contributed by atoms with Crippen molar-refractivity contribution in [2.75, 3.05) is 18.2 Å². The number of ether oxygens (including phenoxy) is 1. The second-order valence-corrected chi connectivity index (χ2v) is 3.38. The molecule has 0 fully saturated rings. The van der Waals surface area contributed by atoms with Crippen LogP contribution in [0.5, 0.6) is 6.01 Å². The number of benzene rings is 1. The monoisotopic (exact) mass is 271 g/mol. The minimum absolute atomic E-state index is 0.0991. The maximum Gasteiger partial charge on any atom is 0.322 e. The van der Waals surface area contributed by atoms with Crippen LogP contribution in [-0.2, 0) is 0 Å². The molecule has 0 bridgehead atoms. The maximum atomic E-state index is 13.4. The smallest absolute Gasteiger partial charge is 0.322 e. The molecule has 6 nitrogen and oxygen atoms in total. The predicted octanol–water partition coefficient (Wildman–Crippen LogP) is 1.62. The lowest BCUT2D eigenvalue weighted by atomic mass is 10.3. The van der Waals surface area contributed by atoms with Crippen LogP contribution in [0.15, 0.2) is 12.1 Å². The van der Waals surface area contributed by atoms with Gasteiger partial charge in [-0.05, 0) is 0 Å². The lowest BCUT2D eigenvalue weighted by Crippen LogP contribution is -2.06. The van der Waals surface area contributed by atoms with Crippen LogP contribution in [-0.4, -0.2) is 22.1 Å². The fourth-order valence-electron chi connectivity index (χ4n) is 1.26. The van der Waals surface area contributed by atoms with Gasteiger partial charge in [-0.15, -0.1) is 0 Å². The van der Waals surface area contributed by atoms with E-state index in [9.17, 15) is 13.2 Å². The van der Waals surface area contributed by atoms with Crippen molar-refractivity contribution in [1.82, 2.24) is 15.0 Å². The van der Waals surface area contributed by atoms with Crippen LogP contribution in [0, 0.1) is 17.5 Å². The quantitative estimate of drug-likeness (QED) is 0.825. The summed E-state index contributed by atoms with van der Waals surface area (Å²) >= 11 is 0. The van der Waals surface area contributed by atoms with Crippen LogP contribution in [0.4, 0.5) is 30.8 Å². The van der Waals surface area contributed by atoms with Gasteiger partial charge in [0.15, 0.2) is 11.6 Å². The van der Waals surface area contributed by atoms with Gasteiger partial charge in [0, 0.05) is 12.1 Å². The van der Waals surface area contributed by atoms with E-state index >= 15 is 0 Å². The number of nitrogens with two attached hydrogens (primary N) is 1. The van der Waals surface area contributed by atoms with Crippen molar-refractivity contribution in [3.8, 4) is 6.01 Å². The Kier molecular flexibility index (Phi) is 3.36. The maximum absolute atomic E-state index is 13.4. The molecule has 0 aliphatic rings. The summed E-state index contributed by atoms with van der Waals surface area (Å²) in [5.74, 6) is -3.84. The van der Waals surface area contributed by atoms with Crippen LogP contribution in [0.3, 0.4) is 0 Å². The Hall–Kier alpha value is -2.58. The van der Waals surface area contributed by atoms with Gasteiger partial charge in [0.2, 0.25) is 11.9 Å². The van der Waals surface area contributed by atoms with E-state index in [1.165, 1.54) is 7.11 Å². The van der Waals surface area contributed by atoms with Crippen LogP contribution in [0.1, 0.15) is 0 Å². The van der Waals surface area contributed by atoms with Crippen molar-refractivity contribution >= 4 is 17.6 Å². The zero-order valence-corrected chi connectivity index (χ0v) is 9.62. The molecule has 0 aliphatic heterocycles. The van der Waals surface area contributed by atoms with Gasteiger partial charge in [-0.1, -0.05) is 0 Å². The molecular weight excluding hydrogens is 263 g/mol. The normalized spacial score (nSPS) is 10.3. The molecule has 1 aromatic carbocycles. The Labute approximate surface area is 105 Å². The van der Waals surface area contributed by atoms with E-state index in [0.717, 1.165) is 0 Å². The number of hydrogen-bond acceptors (Lipinski definition) is 6. The fraction of sp³-hybridized carbons (Fsp3) is 0.100. The van der Waals surface area contributed by atoms with Crippen LogP contribution in [0.25, 0.3) is 0 Å². The van der Waals surface area contributed by atoms with Crippen LogP contribution < -0.4 is 15.8 Å². The van der Waals surface area contributed by atoms with E-state index in [2.05, 4.69) is 20.3 Å². The summed E-state index contributed by atoms with van der Waals surface area (Å²) in [5.41, 5.74) is 5.03. The Morgan fingerprint density at radius 1 is 1.05 bits per heavy atom. The molecule has 0 aliphatic carbocycles. The fourth-order valence-corrected chi connectivity index (χ4v) is 1.26. The zero-order chi connectivity index (χ0) is 14.0. The lowest BCUT2D eigenvalue weighted by Gasteiger charge is -2.07. The van der Waals surface area contributed by atoms with Gasteiger partial charge in [-0.25, -0.2) is 13.2 Å². The number of aromatic nitrogens is 3. The molecular formula is C10H8F3N5O. The third-order valence-electron chi connectivity index (χ3n) is 2.07. The third kappa shape index (κ3) is 2.81. The summed E-state index contributed by atoms with van der Waals surface area (Å²) in [6.45, 7) is 0. The summed E-state index contributed by atoms with van der Waals surface area (Å²) < 4.78 is 43.9. The number of anilines is 3. The van der Waals surface area contributed by atoms with Gasteiger partial charge in [0.25, 0.3) is 0 Å². The summed E-state index contributed by atoms with van der Waals surface area (Å²) in [6.07, 6.45) is 0. The first kappa shape index (κ1) is 12.9. The van der Waals surface area contributed by atoms with Gasteiger partial charge in [0.05, 0.1) is 12.8 Å². The van der Waals surface area contributed by atoms with Crippen molar-refractivity contribution in [2.24, 2.45) is 0 Å². The van der Waals surface area contributed by atoms with Crippen LogP contribution >= 0.6 is 0 Å². The van der Waals surface area contributed by atoms with E-state index in [-0.39, 0.29) is 23.6 Å². The second-order valence-electron chi connectivity index (χ2n) is 3.38. The highest BCUT2D eigenvalue weighted by molar-refractivity contribution is 5.55. The van der Waals surface area contributed by atoms with Gasteiger partial charge in [0.1, 0.15) is 5.82 Å². The SMILES string of the molecule is COc1nc(N)nc(Nc2cc(F)c(F)cc2F)n1. The third-order valence-corrected chi connectivity index (χ3v) is 2.07. The number of nitrogens with one attached hydrogen (secondary N) is 1.